The number of nitrogens with one attached hydrogen (secondary N) is 2. The molecule has 0 aliphatic rings. The zero-order valence-corrected chi connectivity index (χ0v) is 17.4. The van der Waals surface area contributed by atoms with E-state index in [4.69, 9.17) is 4.74 Å². The first kappa shape index (κ1) is 21.6. The molecule has 7 nitrogen and oxygen atoms in total. The van der Waals surface area contributed by atoms with E-state index < -0.39 is 11.8 Å². The smallest absolute Gasteiger partial charge is 0.329 e. The van der Waals surface area contributed by atoms with Gasteiger partial charge in [-0.25, -0.2) is 5.43 Å². The van der Waals surface area contributed by atoms with Crippen LogP contribution < -0.4 is 20.4 Å². The predicted octanol–water partition coefficient (Wildman–Crippen LogP) is 3.42. The molecule has 0 atom stereocenters. The summed E-state index contributed by atoms with van der Waals surface area (Å²) in [6, 6.07) is 24.2. The average Bonchev–Trinajstić information content (AvgIpc) is 2.79. The first-order valence-corrected chi connectivity index (χ1v) is 9.70. The summed E-state index contributed by atoms with van der Waals surface area (Å²) in [4.78, 5) is 26.0. The topological polar surface area (TPSA) is 83.0 Å². The summed E-state index contributed by atoms with van der Waals surface area (Å²) in [5.41, 5.74) is 5.62. The summed E-state index contributed by atoms with van der Waals surface area (Å²) in [6.07, 6.45) is 1.48. The van der Waals surface area contributed by atoms with E-state index in [2.05, 4.69) is 15.8 Å². The van der Waals surface area contributed by atoms with E-state index in [0.717, 1.165) is 16.8 Å². The largest absolute Gasteiger partial charge is 0.489 e. The third-order valence-corrected chi connectivity index (χ3v) is 4.36. The summed E-state index contributed by atoms with van der Waals surface area (Å²) < 4.78 is 5.70. The van der Waals surface area contributed by atoms with Crippen molar-refractivity contribution in [2.24, 2.45) is 5.10 Å². The monoisotopic (exact) mass is 416 g/mol. The van der Waals surface area contributed by atoms with Crippen molar-refractivity contribution in [3.8, 4) is 5.75 Å². The Hall–Kier alpha value is -4.13. The highest BCUT2D eigenvalue weighted by atomic mass is 16.5. The van der Waals surface area contributed by atoms with Gasteiger partial charge in [-0.3, -0.25) is 9.59 Å². The second-order valence-electron chi connectivity index (χ2n) is 6.94. The van der Waals surface area contributed by atoms with Gasteiger partial charge < -0.3 is 15.0 Å². The van der Waals surface area contributed by atoms with Gasteiger partial charge in [0.25, 0.3) is 0 Å². The fraction of sp³-hybridized carbons (Fsp3) is 0.125. The van der Waals surface area contributed by atoms with Crippen molar-refractivity contribution in [3.05, 3.63) is 90.0 Å². The fourth-order valence-electron chi connectivity index (χ4n) is 2.64. The average molecular weight is 416 g/mol. The van der Waals surface area contributed by atoms with Gasteiger partial charge in [0.15, 0.2) is 0 Å². The van der Waals surface area contributed by atoms with Crippen LogP contribution in [0.2, 0.25) is 0 Å². The molecule has 31 heavy (non-hydrogen) atoms. The quantitative estimate of drug-likeness (QED) is 0.351. The standard InChI is InChI=1S/C24H24N4O3/c1-28(2)21-12-8-18(9-13-21)16-25-27-24(30)23(29)26-20-10-14-22(15-11-20)31-17-19-6-4-3-5-7-19/h3-16H,17H2,1-2H3,(H,26,29)(H,27,30)/b25-16-. The van der Waals surface area contributed by atoms with E-state index in [1.165, 1.54) is 6.21 Å². The van der Waals surface area contributed by atoms with Crippen LogP contribution in [0.25, 0.3) is 0 Å². The second-order valence-corrected chi connectivity index (χ2v) is 6.94. The Morgan fingerprint density at radius 1 is 0.903 bits per heavy atom. The van der Waals surface area contributed by atoms with Crippen LogP contribution in [0.3, 0.4) is 0 Å². The van der Waals surface area contributed by atoms with E-state index >= 15 is 0 Å². The molecular weight excluding hydrogens is 392 g/mol. The van der Waals surface area contributed by atoms with Gasteiger partial charge >= 0.3 is 11.8 Å². The Labute approximate surface area is 181 Å². The van der Waals surface area contributed by atoms with E-state index in [1.807, 2.05) is 73.6 Å². The van der Waals surface area contributed by atoms with E-state index in [9.17, 15) is 9.59 Å². The third kappa shape index (κ3) is 6.71. The summed E-state index contributed by atoms with van der Waals surface area (Å²) >= 11 is 0. The molecule has 0 aromatic heterocycles. The van der Waals surface area contributed by atoms with Gasteiger partial charge in [-0.1, -0.05) is 42.5 Å². The fourth-order valence-corrected chi connectivity index (χ4v) is 2.64. The molecule has 7 heteroatoms. The first-order valence-electron chi connectivity index (χ1n) is 9.70. The molecule has 0 radical (unpaired) electrons. The number of rotatable bonds is 7. The Kier molecular flexibility index (Phi) is 7.37. The maximum Gasteiger partial charge on any atom is 0.329 e. The van der Waals surface area contributed by atoms with Crippen molar-refractivity contribution in [3.63, 3.8) is 0 Å². The molecule has 0 saturated heterocycles. The minimum absolute atomic E-state index is 0.449. The SMILES string of the molecule is CN(C)c1ccc(/C=N\NC(=O)C(=O)Nc2ccc(OCc3ccccc3)cc2)cc1. The molecule has 0 fully saturated rings. The molecule has 0 saturated carbocycles. The highest BCUT2D eigenvalue weighted by Gasteiger charge is 2.12. The van der Waals surface area contributed by atoms with E-state index in [0.29, 0.717) is 18.0 Å². The summed E-state index contributed by atoms with van der Waals surface area (Å²) in [5.74, 6) is -1.00. The molecule has 0 aliphatic carbocycles. The van der Waals surface area contributed by atoms with Crippen LogP contribution in [-0.2, 0) is 16.2 Å². The highest BCUT2D eigenvalue weighted by Crippen LogP contribution is 2.17. The lowest BCUT2D eigenvalue weighted by Gasteiger charge is -2.11. The number of amides is 2. The van der Waals surface area contributed by atoms with Gasteiger partial charge in [-0.2, -0.15) is 5.10 Å². The molecule has 3 aromatic carbocycles. The molecular formula is C24H24N4O3. The lowest BCUT2D eigenvalue weighted by molar-refractivity contribution is -0.136. The summed E-state index contributed by atoms with van der Waals surface area (Å²) in [7, 11) is 3.90. The summed E-state index contributed by atoms with van der Waals surface area (Å²) in [6.45, 7) is 0.449. The van der Waals surface area contributed by atoms with Gasteiger partial charge in [-0.15, -0.1) is 0 Å². The highest BCUT2D eigenvalue weighted by molar-refractivity contribution is 6.39. The van der Waals surface area contributed by atoms with Gasteiger partial charge in [0.1, 0.15) is 12.4 Å². The molecule has 3 rings (SSSR count). The van der Waals surface area contributed by atoms with Gasteiger partial charge in [0.05, 0.1) is 6.21 Å². The maximum atomic E-state index is 12.0. The Morgan fingerprint density at radius 2 is 1.58 bits per heavy atom. The van der Waals surface area contributed by atoms with Crippen molar-refractivity contribution in [1.29, 1.82) is 0 Å². The third-order valence-electron chi connectivity index (χ3n) is 4.36. The van der Waals surface area contributed by atoms with Crippen molar-refractivity contribution >= 4 is 29.4 Å². The van der Waals surface area contributed by atoms with Crippen LogP contribution in [0.15, 0.2) is 84.0 Å². The molecule has 0 bridgehead atoms. The van der Waals surface area contributed by atoms with Gasteiger partial charge in [-0.05, 0) is 47.5 Å². The number of hydrogen-bond donors (Lipinski definition) is 2. The minimum atomic E-state index is -0.856. The number of hydrazone groups is 1. The van der Waals surface area contributed by atoms with Crippen LogP contribution in [0, 0.1) is 0 Å². The van der Waals surface area contributed by atoms with Crippen LogP contribution >= 0.6 is 0 Å². The minimum Gasteiger partial charge on any atom is -0.489 e. The summed E-state index contributed by atoms with van der Waals surface area (Å²) in [5, 5.41) is 6.35. The van der Waals surface area contributed by atoms with Crippen molar-refractivity contribution < 1.29 is 14.3 Å². The van der Waals surface area contributed by atoms with Crippen LogP contribution in [0.1, 0.15) is 11.1 Å². The van der Waals surface area contributed by atoms with Crippen molar-refractivity contribution in [1.82, 2.24) is 5.43 Å². The lowest BCUT2D eigenvalue weighted by Crippen LogP contribution is -2.32. The molecule has 2 N–H and O–H groups in total. The van der Waals surface area contributed by atoms with Gasteiger partial charge in [0, 0.05) is 25.5 Å². The molecule has 0 aliphatic heterocycles. The molecule has 0 unspecified atom stereocenters. The predicted molar refractivity (Wildman–Crippen MR) is 122 cm³/mol. The van der Waals surface area contributed by atoms with E-state index in [1.54, 1.807) is 24.3 Å². The molecule has 0 heterocycles. The normalized spacial score (nSPS) is 10.5. The van der Waals surface area contributed by atoms with E-state index in [-0.39, 0.29) is 0 Å². The second kappa shape index (κ2) is 10.6. The number of ether oxygens (including phenoxy) is 1. The zero-order valence-electron chi connectivity index (χ0n) is 17.4. The maximum absolute atomic E-state index is 12.0. The molecule has 0 spiro atoms. The van der Waals surface area contributed by atoms with Crippen LogP contribution in [0.4, 0.5) is 11.4 Å². The zero-order chi connectivity index (χ0) is 22.1. The molecule has 158 valence electrons. The van der Waals surface area contributed by atoms with Crippen molar-refractivity contribution in [2.45, 2.75) is 6.61 Å². The number of anilines is 2. The molecule has 2 amide bonds. The lowest BCUT2D eigenvalue weighted by atomic mass is 10.2. The molecule has 3 aromatic rings. The number of carbonyl (C=O) groups excluding carboxylic acids is 2. The number of nitrogens with zero attached hydrogens (tertiary/aromatic N) is 2. The number of benzene rings is 3. The van der Waals surface area contributed by atoms with Gasteiger partial charge in [0.2, 0.25) is 0 Å². The Morgan fingerprint density at radius 3 is 2.23 bits per heavy atom. The Balaban J connectivity index is 1.46. The number of carbonyl (C=O) groups is 2. The van der Waals surface area contributed by atoms with Crippen LogP contribution in [-0.4, -0.2) is 32.1 Å². The number of hydrogen-bond acceptors (Lipinski definition) is 5. The van der Waals surface area contributed by atoms with Crippen LogP contribution in [0.5, 0.6) is 5.75 Å². The first-order chi connectivity index (χ1) is 15.0. The Bertz CT molecular complexity index is 1030. The van der Waals surface area contributed by atoms with Crippen molar-refractivity contribution in [2.75, 3.05) is 24.3 Å².